The number of nitrogens with one attached hydrogen (secondary N) is 2. The summed E-state index contributed by atoms with van der Waals surface area (Å²) < 4.78 is 31.1. The molecule has 1 aliphatic rings. The molecule has 2 heterocycles. The van der Waals surface area contributed by atoms with Gasteiger partial charge in [-0.25, -0.2) is 8.42 Å². The van der Waals surface area contributed by atoms with Gasteiger partial charge in [-0.2, -0.15) is 0 Å². The maximum absolute atomic E-state index is 13.5. The van der Waals surface area contributed by atoms with Gasteiger partial charge in [0, 0.05) is 60.0 Å². The van der Waals surface area contributed by atoms with Crippen LogP contribution in [0.1, 0.15) is 10.4 Å². The van der Waals surface area contributed by atoms with Gasteiger partial charge in [-0.3, -0.25) is 24.2 Å². The maximum atomic E-state index is 13.5. The van der Waals surface area contributed by atoms with E-state index >= 15 is 0 Å². The van der Waals surface area contributed by atoms with Crippen molar-refractivity contribution >= 4 is 43.3 Å². The summed E-state index contributed by atoms with van der Waals surface area (Å²) in [5, 5.41) is 4.42. The quantitative estimate of drug-likeness (QED) is 0.376. The number of nitrogens with zero attached hydrogens (tertiary/aromatic N) is 2. The Hall–Kier alpha value is -3.86. The highest BCUT2D eigenvalue weighted by molar-refractivity contribution is 7.92. The van der Waals surface area contributed by atoms with Gasteiger partial charge in [0.25, 0.3) is 5.91 Å². The number of aromatic nitrogens is 1. The molecule has 0 saturated carbocycles. The van der Waals surface area contributed by atoms with Gasteiger partial charge in [0.2, 0.25) is 10.0 Å². The van der Waals surface area contributed by atoms with E-state index in [1.54, 1.807) is 54.7 Å². The second-order valence-electron chi connectivity index (χ2n) is 9.29. The summed E-state index contributed by atoms with van der Waals surface area (Å²) in [6.45, 7) is 4.47. The number of carbonyl (C=O) groups is 1. The number of benzene rings is 2. The summed E-state index contributed by atoms with van der Waals surface area (Å²) in [5.74, 6) is -0.165. The lowest BCUT2D eigenvalue weighted by molar-refractivity contribution is 0.0383. The van der Waals surface area contributed by atoms with Gasteiger partial charge < -0.3 is 10.1 Å². The largest absolute Gasteiger partial charge is 0.379 e. The van der Waals surface area contributed by atoms with Crippen molar-refractivity contribution in [1.82, 2.24) is 15.2 Å². The molecule has 1 aromatic heterocycles. The highest BCUT2D eigenvalue weighted by Crippen LogP contribution is 2.24. The Morgan fingerprint density at radius 2 is 1.79 bits per heavy atom. The van der Waals surface area contributed by atoms with Gasteiger partial charge in [-0.15, -0.1) is 0 Å². The number of amides is 1. The summed E-state index contributed by atoms with van der Waals surface area (Å²) in [5.41, 5.74) is 2.55. The van der Waals surface area contributed by atoms with Crippen LogP contribution in [0.25, 0.3) is 32.8 Å². The van der Waals surface area contributed by atoms with Crippen LogP contribution >= 0.6 is 0 Å². The van der Waals surface area contributed by atoms with Crippen LogP contribution in [0.5, 0.6) is 0 Å². The molecule has 196 valence electrons. The third kappa shape index (κ3) is 5.99. The van der Waals surface area contributed by atoms with E-state index in [-0.39, 0.29) is 11.3 Å². The second-order valence-corrected chi connectivity index (χ2v) is 11.0. The van der Waals surface area contributed by atoms with Crippen molar-refractivity contribution in [3.05, 3.63) is 82.6 Å². The van der Waals surface area contributed by atoms with Crippen LogP contribution < -0.4 is 15.5 Å². The molecule has 1 amide bonds. The lowest BCUT2D eigenvalue weighted by atomic mass is 10.0. The molecule has 10 heteroatoms. The van der Waals surface area contributed by atoms with Crippen molar-refractivity contribution in [2.45, 2.75) is 0 Å². The molecule has 0 spiro atoms. The van der Waals surface area contributed by atoms with E-state index in [0.29, 0.717) is 58.2 Å². The normalized spacial score (nSPS) is 14.4. The van der Waals surface area contributed by atoms with Crippen molar-refractivity contribution in [1.29, 1.82) is 0 Å². The topological polar surface area (TPSA) is 118 Å². The first-order chi connectivity index (χ1) is 18.3. The fourth-order valence-electron chi connectivity index (χ4n) is 4.53. The number of rotatable bonds is 7. The Labute approximate surface area is 220 Å². The highest BCUT2D eigenvalue weighted by atomic mass is 32.2. The van der Waals surface area contributed by atoms with Crippen molar-refractivity contribution < 1.29 is 17.9 Å². The van der Waals surface area contributed by atoms with E-state index in [9.17, 15) is 18.0 Å². The molecule has 0 bridgehead atoms. The van der Waals surface area contributed by atoms with E-state index < -0.39 is 10.0 Å². The van der Waals surface area contributed by atoms with Crippen LogP contribution in [0.4, 0.5) is 5.69 Å². The Bertz CT molecular complexity index is 1680. The van der Waals surface area contributed by atoms with Crippen molar-refractivity contribution in [3.63, 3.8) is 0 Å². The Balaban J connectivity index is 1.43. The van der Waals surface area contributed by atoms with Crippen LogP contribution in [0, 0.1) is 0 Å². The molecule has 0 aliphatic carbocycles. The van der Waals surface area contributed by atoms with Gasteiger partial charge in [0.1, 0.15) is 0 Å². The molecule has 1 saturated heterocycles. The predicted octanol–water partition coefficient (Wildman–Crippen LogP) is 2.85. The zero-order valence-electron chi connectivity index (χ0n) is 20.9. The SMILES string of the molecule is CS(=O)(=O)Nc1ccc2ccc3ncc(-c4cccc(C(=O)NCCN5CCOCC5)c4)cc3c(=O)c2c1. The number of ether oxygens (including phenoxy) is 1. The molecule has 0 radical (unpaired) electrons. The molecule has 5 rings (SSSR count). The molecule has 1 aliphatic heterocycles. The fraction of sp³-hybridized carbons (Fsp3) is 0.250. The number of hydrogen-bond donors (Lipinski definition) is 2. The van der Waals surface area contributed by atoms with Crippen molar-refractivity contribution in [3.8, 4) is 11.1 Å². The predicted molar refractivity (Wildman–Crippen MR) is 149 cm³/mol. The lowest BCUT2D eigenvalue weighted by Gasteiger charge is -2.26. The van der Waals surface area contributed by atoms with Crippen LogP contribution in [0.3, 0.4) is 0 Å². The first kappa shape index (κ1) is 25.8. The molecule has 0 atom stereocenters. The first-order valence-electron chi connectivity index (χ1n) is 12.3. The Kier molecular flexibility index (Phi) is 7.37. The number of carbonyl (C=O) groups excluding carboxylic acids is 1. The highest BCUT2D eigenvalue weighted by Gasteiger charge is 2.13. The van der Waals surface area contributed by atoms with Crippen LogP contribution in [-0.4, -0.2) is 69.9 Å². The number of fused-ring (bicyclic) bond motifs is 2. The number of anilines is 1. The molecule has 38 heavy (non-hydrogen) atoms. The van der Waals surface area contributed by atoms with E-state index in [2.05, 4.69) is 19.9 Å². The Morgan fingerprint density at radius 1 is 1.00 bits per heavy atom. The molecule has 3 aromatic carbocycles. The molecule has 4 aromatic rings. The average Bonchev–Trinajstić information content (AvgIpc) is 3.04. The number of sulfonamides is 1. The van der Waals surface area contributed by atoms with Crippen LogP contribution in [0.15, 0.2) is 71.7 Å². The molecule has 2 N–H and O–H groups in total. The van der Waals surface area contributed by atoms with Gasteiger partial charge in [0.05, 0.1) is 25.0 Å². The molecular weight excluding hydrogens is 504 g/mol. The van der Waals surface area contributed by atoms with E-state index in [0.717, 1.165) is 31.5 Å². The molecular formula is C28H28N4O5S. The molecule has 9 nitrogen and oxygen atoms in total. The number of hydrogen-bond acceptors (Lipinski definition) is 7. The summed E-state index contributed by atoms with van der Waals surface area (Å²) >= 11 is 0. The first-order valence-corrected chi connectivity index (χ1v) is 14.2. The van der Waals surface area contributed by atoms with E-state index in [4.69, 9.17) is 4.74 Å². The minimum atomic E-state index is -3.49. The number of morpholine rings is 1. The van der Waals surface area contributed by atoms with Crippen molar-refractivity contribution in [2.75, 3.05) is 50.4 Å². The molecule has 0 unspecified atom stereocenters. The van der Waals surface area contributed by atoms with Gasteiger partial charge in [-0.1, -0.05) is 24.3 Å². The lowest BCUT2D eigenvalue weighted by Crippen LogP contribution is -2.41. The third-order valence-corrected chi connectivity index (χ3v) is 7.07. The average molecular weight is 533 g/mol. The number of pyridine rings is 1. The summed E-state index contributed by atoms with van der Waals surface area (Å²) in [7, 11) is -3.49. The minimum absolute atomic E-state index is 0.165. The summed E-state index contributed by atoms with van der Waals surface area (Å²) in [6, 6.07) is 17.4. The second kappa shape index (κ2) is 10.9. The minimum Gasteiger partial charge on any atom is -0.379 e. The monoisotopic (exact) mass is 532 g/mol. The van der Waals surface area contributed by atoms with Crippen molar-refractivity contribution in [2.24, 2.45) is 0 Å². The Morgan fingerprint density at radius 3 is 2.58 bits per heavy atom. The van der Waals surface area contributed by atoms with E-state index in [1.165, 1.54) is 6.07 Å². The third-order valence-electron chi connectivity index (χ3n) is 6.46. The van der Waals surface area contributed by atoms with Gasteiger partial charge in [-0.05, 0) is 47.3 Å². The van der Waals surface area contributed by atoms with Gasteiger partial charge in [0.15, 0.2) is 5.43 Å². The maximum Gasteiger partial charge on any atom is 0.251 e. The smallest absolute Gasteiger partial charge is 0.251 e. The van der Waals surface area contributed by atoms with Gasteiger partial charge >= 0.3 is 0 Å². The zero-order valence-corrected chi connectivity index (χ0v) is 21.8. The fourth-order valence-corrected chi connectivity index (χ4v) is 5.09. The standard InChI is InChI=1S/C28H28N4O5S/c1-38(35,36)31-23-7-5-19-6-8-26-25(27(33)24(19)17-23)16-22(18-30-26)20-3-2-4-21(15-20)28(34)29-9-10-32-11-13-37-14-12-32/h2-8,15-18,31H,9-14H2,1H3,(H,29,34). The molecule has 1 fully saturated rings. The summed E-state index contributed by atoms with van der Waals surface area (Å²) in [4.78, 5) is 33.1. The van der Waals surface area contributed by atoms with Crippen LogP contribution in [-0.2, 0) is 14.8 Å². The zero-order chi connectivity index (χ0) is 26.7. The summed E-state index contributed by atoms with van der Waals surface area (Å²) in [6.07, 6.45) is 2.74. The van der Waals surface area contributed by atoms with E-state index in [1.807, 2.05) is 6.07 Å². The van der Waals surface area contributed by atoms with Crippen LogP contribution in [0.2, 0.25) is 0 Å².